The van der Waals surface area contributed by atoms with Gasteiger partial charge in [0.15, 0.2) is 0 Å². The minimum absolute atomic E-state index is 0.384. The van der Waals surface area contributed by atoms with Crippen LogP contribution in [0.2, 0.25) is 0 Å². The van der Waals surface area contributed by atoms with Gasteiger partial charge in [-0.3, -0.25) is 0 Å². The first-order valence-electron chi connectivity index (χ1n) is 8.74. The van der Waals surface area contributed by atoms with Crippen LogP contribution in [-0.4, -0.2) is 48.2 Å². The number of fused-ring (bicyclic) bond motifs is 7. The topological polar surface area (TPSA) is 15.7 Å². The van der Waals surface area contributed by atoms with Crippen molar-refractivity contribution in [3.8, 4) is 0 Å². The van der Waals surface area contributed by atoms with E-state index < -0.39 is 0 Å². The molecule has 4 bridgehead atoms. The predicted octanol–water partition coefficient (Wildman–Crippen LogP) is 3.76. The largest absolute Gasteiger partial charge is 0.375 e. The van der Waals surface area contributed by atoms with Crippen LogP contribution in [0.5, 0.6) is 0 Å². The Morgan fingerprint density at radius 3 is 2.64 bits per heavy atom. The second-order valence-electron chi connectivity index (χ2n) is 7.42. The van der Waals surface area contributed by atoms with Crippen molar-refractivity contribution >= 4 is 22.6 Å². The van der Waals surface area contributed by atoms with E-state index in [1.165, 1.54) is 50.3 Å². The Balaban J connectivity index is 1.67. The molecular weight excluding hydrogens is 387 g/mol. The van der Waals surface area contributed by atoms with Crippen LogP contribution in [0.15, 0.2) is 20.5 Å². The molecule has 4 atom stereocenters. The lowest BCUT2D eigenvalue weighted by atomic mass is 9.80. The quantitative estimate of drug-likeness (QED) is 0.608. The van der Waals surface area contributed by atoms with Crippen LogP contribution < -0.4 is 0 Å². The van der Waals surface area contributed by atoms with Gasteiger partial charge in [-0.1, -0.05) is 5.57 Å². The minimum atomic E-state index is 0.384. The van der Waals surface area contributed by atoms with Crippen molar-refractivity contribution in [1.82, 2.24) is 9.80 Å². The standard InChI is InChI=1S/C18H27IN2O/c1-11-14-4-5-15(17(11)19)18(22-10-14)16-6-7-20-8-9-21(16)13(3)12(20)2/h14-16,18H,4-10H2,1-3H3. The van der Waals surface area contributed by atoms with Gasteiger partial charge in [0.2, 0.25) is 0 Å². The van der Waals surface area contributed by atoms with Crippen LogP contribution in [0.3, 0.4) is 0 Å². The van der Waals surface area contributed by atoms with Crippen LogP contribution in [0, 0.1) is 11.8 Å². The van der Waals surface area contributed by atoms with Gasteiger partial charge in [0.25, 0.3) is 0 Å². The number of allylic oxidation sites excluding steroid dienone is 2. The van der Waals surface area contributed by atoms with Crippen molar-refractivity contribution in [1.29, 1.82) is 0 Å². The molecule has 0 aromatic rings. The number of hydrogen-bond donors (Lipinski definition) is 0. The summed E-state index contributed by atoms with van der Waals surface area (Å²) in [6.45, 7) is 11.4. The average Bonchev–Trinajstić information content (AvgIpc) is 2.93. The Hall–Kier alpha value is -0.230. The van der Waals surface area contributed by atoms with Crippen LogP contribution in [0.1, 0.15) is 40.0 Å². The van der Waals surface area contributed by atoms with E-state index in [0.717, 1.165) is 6.61 Å². The zero-order chi connectivity index (χ0) is 15.4. The molecule has 2 fully saturated rings. The fourth-order valence-electron chi connectivity index (χ4n) is 4.93. The van der Waals surface area contributed by atoms with Gasteiger partial charge in [-0.15, -0.1) is 0 Å². The van der Waals surface area contributed by atoms with Crippen LogP contribution in [0.25, 0.3) is 0 Å². The summed E-state index contributed by atoms with van der Waals surface area (Å²) in [6.07, 6.45) is 4.27. The van der Waals surface area contributed by atoms with Gasteiger partial charge in [-0.25, -0.2) is 0 Å². The van der Waals surface area contributed by atoms with E-state index in [1.54, 1.807) is 9.15 Å². The first-order valence-corrected chi connectivity index (χ1v) is 9.82. The maximum Gasteiger partial charge on any atom is 0.0851 e. The van der Waals surface area contributed by atoms with Crippen LogP contribution >= 0.6 is 22.6 Å². The maximum absolute atomic E-state index is 6.53. The van der Waals surface area contributed by atoms with E-state index in [-0.39, 0.29) is 0 Å². The third kappa shape index (κ3) is 2.24. The molecule has 3 nitrogen and oxygen atoms in total. The Bertz CT molecular complexity index is 493. The third-order valence-electron chi connectivity index (χ3n) is 6.54. The molecule has 0 N–H and O–H groups in total. The van der Waals surface area contributed by atoms with Crippen LogP contribution in [-0.2, 0) is 4.74 Å². The lowest BCUT2D eigenvalue weighted by Crippen LogP contribution is -2.48. The normalized spacial score (nSPS) is 38.7. The molecule has 0 aromatic heterocycles. The van der Waals surface area contributed by atoms with E-state index in [4.69, 9.17) is 4.74 Å². The van der Waals surface area contributed by atoms with E-state index >= 15 is 0 Å². The summed E-state index contributed by atoms with van der Waals surface area (Å²) in [5, 5.41) is 0. The highest BCUT2D eigenvalue weighted by Crippen LogP contribution is 2.46. The summed E-state index contributed by atoms with van der Waals surface area (Å²) in [5.41, 5.74) is 4.57. The molecule has 0 amide bonds. The van der Waals surface area contributed by atoms with Crippen molar-refractivity contribution in [2.75, 3.05) is 26.2 Å². The van der Waals surface area contributed by atoms with Gasteiger partial charge in [0, 0.05) is 42.9 Å². The number of halogens is 1. The molecule has 4 unspecified atom stereocenters. The van der Waals surface area contributed by atoms with Gasteiger partial charge in [-0.05, 0) is 66.2 Å². The predicted molar refractivity (Wildman–Crippen MR) is 97.7 cm³/mol. The molecule has 122 valence electrons. The Kier molecular flexibility index (Phi) is 3.96. The molecule has 1 aliphatic carbocycles. The summed E-state index contributed by atoms with van der Waals surface area (Å²) < 4.78 is 8.14. The molecule has 0 saturated carbocycles. The number of ether oxygens (including phenoxy) is 1. The number of rotatable bonds is 1. The summed E-state index contributed by atoms with van der Waals surface area (Å²) in [7, 11) is 0. The zero-order valence-corrected chi connectivity index (χ0v) is 16.1. The Morgan fingerprint density at radius 2 is 1.82 bits per heavy atom. The van der Waals surface area contributed by atoms with Crippen molar-refractivity contribution in [2.24, 2.45) is 11.8 Å². The average molecular weight is 414 g/mol. The van der Waals surface area contributed by atoms with Crippen molar-refractivity contribution < 1.29 is 4.74 Å². The lowest BCUT2D eigenvalue weighted by molar-refractivity contribution is -0.0214. The Morgan fingerprint density at radius 1 is 1.00 bits per heavy atom. The Labute approximate surface area is 147 Å². The summed E-state index contributed by atoms with van der Waals surface area (Å²) in [6, 6.07) is 0.557. The second kappa shape index (κ2) is 5.69. The van der Waals surface area contributed by atoms with Gasteiger partial charge < -0.3 is 14.5 Å². The highest BCUT2D eigenvalue weighted by Gasteiger charge is 2.44. The monoisotopic (exact) mass is 414 g/mol. The highest BCUT2D eigenvalue weighted by atomic mass is 127. The molecule has 0 aromatic carbocycles. The zero-order valence-electron chi connectivity index (χ0n) is 13.9. The molecule has 22 heavy (non-hydrogen) atoms. The molecule has 2 saturated heterocycles. The summed E-state index contributed by atoms with van der Waals surface area (Å²) in [4.78, 5) is 5.24. The number of hydrogen-bond acceptors (Lipinski definition) is 3. The van der Waals surface area contributed by atoms with Gasteiger partial charge in [0.05, 0.1) is 18.8 Å². The van der Waals surface area contributed by atoms with Crippen molar-refractivity contribution in [3.05, 3.63) is 20.5 Å². The molecule has 0 radical (unpaired) electrons. The number of nitrogens with zero attached hydrogens (tertiary/aromatic N) is 2. The molecule has 5 aliphatic heterocycles. The first kappa shape index (κ1) is 15.3. The molecular formula is C18H27IN2O. The molecule has 5 heterocycles. The summed E-state index contributed by atoms with van der Waals surface area (Å²) in [5.74, 6) is 1.30. The lowest BCUT2D eigenvalue weighted by Gasteiger charge is -2.42. The molecule has 4 heteroatoms. The van der Waals surface area contributed by atoms with Crippen molar-refractivity contribution in [2.45, 2.75) is 52.2 Å². The van der Waals surface area contributed by atoms with Gasteiger partial charge in [0.1, 0.15) is 0 Å². The first-order chi connectivity index (χ1) is 10.6. The molecule has 6 aliphatic rings. The van der Waals surface area contributed by atoms with Gasteiger partial charge in [-0.2, -0.15) is 0 Å². The molecule has 6 rings (SSSR count). The fourth-order valence-corrected chi connectivity index (χ4v) is 6.04. The van der Waals surface area contributed by atoms with Crippen LogP contribution in [0.4, 0.5) is 0 Å². The van der Waals surface area contributed by atoms with E-state index in [9.17, 15) is 0 Å². The molecule has 0 spiro atoms. The maximum atomic E-state index is 6.53. The van der Waals surface area contributed by atoms with Crippen molar-refractivity contribution in [3.63, 3.8) is 0 Å². The van der Waals surface area contributed by atoms with E-state index in [1.807, 2.05) is 0 Å². The van der Waals surface area contributed by atoms with Gasteiger partial charge >= 0.3 is 0 Å². The minimum Gasteiger partial charge on any atom is -0.375 e. The van der Waals surface area contributed by atoms with E-state index in [0.29, 0.717) is 24.0 Å². The van der Waals surface area contributed by atoms with E-state index in [2.05, 4.69) is 53.2 Å². The fraction of sp³-hybridized carbons (Fsp3) is 0.778. The SMILES string of the molecule is CC1=C(I)C2CCC1COC2C1CCN2CCN1C(C)=C2C. The summed E-state index contributed by atoms with van der Waals surface area (Å²) >= 11 is 2.62. The second-order valence-corrected chi connectivity index (χ2v) is 8.58. The smallest absolute Gasteiger partial charge is 0.0851 e. The third-order valence-corrected chi connectivity index (χ3v) is 8.19. The highest BCUT2D eigenvalue weighted by molar-refractivity contribution is 14.1.